The first-order valence-corrected chi connectivity index (χ1v) is 8.84. The maximum Gasteiger partial charge on any atom is 0.405 e. The largest absolute Gasteiger partial charge is 0.465 e. The lowest BCUT2D eigenvalue weighted by Gasteiger charge is -2.17. The molecule has 0 spiro atoms. The molecule has 0 radical (unpaired) electrons. The fourth-order valence-corrected chi connectivity index (χ4v) is 2.83. The van der Waals surface area contributed by atoms with Crippen molar-refractivity contribution in [2.24, 2.45) is 0 Å². The minimum atomic E-state index is -1.26. The number of benzene rings is 1. The van der Waals surface area contributed by atoms with Crippen LogP contribution in [0, 0.1) is 6.92 Å². The smallest absolute Gasteiger partial charge is 0.405 e. The van der Waals surface area contributed by atoms with E-state index in [1.807, 2.05) is 19.1 Å². The third-order valence-corrected chi connectivity index (χ3v) is 4.28. The van der Waals surface area contributed by atoms with Gasteiger partial charge in [0.15, 0.2) is 0 Å². The van der Waals surface area contributed by atoms with Crippen LogP contribution in [0.15, 0.2) is 24.3 Å². The zero-order valence-corrected chi connectivity index (χ0v) is 14.9. The summed E-state index contributed by atoms with van der Waals surface area (Å²) in [7, 11) is 0. The van der Waals surface area contributed by atoms with Gasteiger partial charge in [-0.3, -0.25) is 9.59 Å². The number of anilines is 1. The molecule has 0 aliphatic carbocycles. The molecule has 8 nitrogen and oxygen atoms in total. The summed E-state index contributed by atoms with van der Waals surface area (Å²) in [6.07, 6.45) is 1.34. The number of carboxylic acid groups (broad SMARTS) is 1. The molecular formula is C18H26N4O4. The van der Waals surface area contributed by atoms with E-state index in [0.717, 1.165) is 24.9 Å². The summed E-state index contributed by atoms with van der Waals surface area (Å²) >= 11 is 0. The van der Waals surface area contributed by atoms with Gasteiger partial charge in [-0.2, -0.15) is 0 Å². The van der Waals surface area contributed by atoms with Gasteiger partial charge in [0.25, 0.3) is 0 Å². The molecule has 1 fully saturated rings. The molecule has 1 saturated heterocycles. The van der Waals surface area contributed by atoms with Crippen molar-refractivity contribution >= 4 is 23.6 Å². The Hall–Kier alpha value is -2.61. The second-order valence-corrected chi connectivity index (χ2v) is 6.44. The molecule has 1 aromatic rings. The number of carbonyl (C=O) groups excluding carboxylic acids is 2. The zero-order valence-electron chi connectivity index (χ0n) is 14.9. The van der Waals surface area contributed by atoms with Crippen molar-refractivity contribution in [1.29, 1.82) is 0 Å². The van der Waals surface area contributed by atoms with E-state index in [0.29, 0.717) is 25.1 Å². The monoisotopic (exact) mass is 362 g/mol. The Balaban J connectivity index is 1.79. The number of rotatable bonds is 8. The Bertz CT molecular complexity index is 627. The fraction of sp³-hybridized carbons (Fsp3) is 0.500. The molecule has 1 aliphatic heterocycles. The van der Waals surface area contributed by atoms with E-state index in [-0.39, 0.29) is 11.9 Å². The lowest BCUT2D eigenvalue weighted by molar-refractivity contribution is -0.122. The van der Waals surface area contributed by atoms with E-state index in [2.05, 4.69) is 21.3 Å². The quantitative estimate of drug-likeness (QED) is 0.446. The molecule has 8 heteroatoms. The SMILES string of the molecule is Cc1ccc(NC(=O)[C@H](CCCNC(=O)[C@H]2CCCN2)NC(=O)O)cc1. The summed E-state index contributed by atoms with van der Waals surface area (Å²) in [5.41, 5.74) is 1.68. The van der Waals surface area contributed by atoms with Crippen LogP contribution in [0.4, 0.5) is 10.5 Å². The summed E-state index contributed by atoms with van der Waals surface area (Å²) in [5.74, 6) is -0.464. The molecule has 2 atom stereocenters. The van der Waals surface area contributed by atoms with E-state index in [1.54, 1.807) is 12.1 Å². The number of carbonyl (C=O) groups is 3. The standard InChI is InChI=1S/C18H26N4O4/c1-12-6-8-13(9-7-12)21-17(24)15(22-18(25)26)5-3-11-20-16(23)14-4-2-10-19-14/h6-9,14-15,19,22H,2-5,10-11H2,1H3,(H,20,23)(H,21,24)(H,25,26)/t14-,15+/m1/s1. The highest BCUT2D eigenvalue weighted by Gasteiger charge is 2.23. The first kappa shape index (κ1) is 19.7. The van der Waals surface area contributed by atoms with Crippen molar-refractivity contribution < 1.29 is 19.5 Å². The topological polar surface area (TPSA) is 120 Å². The molecular weight excluding hydrogens is 336 g/mol. The number of hydrogen-bond acceptors (Lipinski definition) is 4. The molecule has 2 rings (SSSR count). The maximum absolute atomic E-state index is 12.3. The third kappa shape index (κ3) is 6.36. The van der Waals surface area contributed by atoms with Crippen LogP contribution in [-0.2, 0) is 9.59 Å². The minimum absolute atomic E-state index is 0.0469. The van der Waals surface area contributed by atoms with Gasteiger partial charge in [-0.15, -0.1) is 0 Å². The summed E-state index contributed by atoms with van der Waals surface area (Å²) in [4.78, 5) is 35.2. The molecule has 0 unspecified atom stereocenters. The first-order chi connectivity index (χ1) is 12.5. The van der Waals surface area contributed by atoms with Crippen LogP contribution in [0.5, 0.6) is 0 Å². The average molecular weight is 362 g/mol. The van der Waals surface area contributed by atoms with Gasteiger partial charge in [0.2, 0.25) is 11.8 Å². The predicted molar refractivity (Wildman–Crippen MR) is 98.0 cm³/mol. The van der Waals surface area contributed by atoms with Crippen molar-refractivity contribution in [3.05, 3.63) is 29.8 Å². The van der Waals surface area contributed by atoms with Crippen LogP contribution in [0.2, 0.25) is 0 Å². The molecule has 3 amide bonds. The molecule has 142 valence electrons. The Labute approximate surface area is 152 Å². The number of aryl methyl sites for hydroxylation is 1. The second kappa shape index (κ2) is 9.76. The summed E-state index contributed by atoms with van der Waals surface area (Å²) in [5, 5.41) is 19.8. The summed E-state index contributed by atoms with van der Waals surface area (Å²) in [6, 6.07) is 6.23. The van der Waals surface area contributed by atoms with Gasteiger partial charge in [0.05, 0.1) is 6.04 Å². The number of amides is 3. The molecule has 1 aromatic carbocycles. The van der Waals surface area contributed by atoms with Crippen LogP contribution in [0.25, 0.3) is 0 Å². The lowest BCUT2D eigenvalue weighted by Crippen LogP contribution is -2.44. The Morgan fingerprint density at radius 1 is 1.27 bits per heavy atom. The van der Waals surface area contributed by atoms with Crippen LogP contribution in [-0.4, -0.2) is 48.2 Å². The van der Waals surface area contributed by atoms with Gasteiger partial charge in [-0.25, -0.2) is 4.79 Å². The first-order valence-electron chi connectivity index (χ1n) is 8.84. The average Bonchev–Trinajstić information content (AvgIpc) is 3.13. The van der Waals surface area contributed by atoms with Gasteiger partial charge in [0.1, 0.15) is 6.04 Å². The number of nitrogens with one attached hydrogen (secondary N) is 4. The van der Waals surface area contributed by atoms with Crippen LogP contribution in [0.3, 0.4) is 0 Å². The normalized spacial score (nSPS) is 17.3. The van der Waals surface area contributed by atoms with E-state index >= 15 is 0 Å². The fourth-order valence-electron chi connectivity index (χ4n) is 2.83. The zero-order chi connectivity index (χ0) is 18.9. The van der Waals surface area contributed by atoms with Crippen molar-refractivity contribution in [1.82, 2.24) is 16.0 Å². The molecule has 1 heterocycles. The molecule has 1 aliphatic rings. The van der Waals surface area contributed by atoms with Crippen molar-refractivity contribution in [2.75, 3.05) is 18.4 Å². The van der Waals surface area contributed by atoms with Gasteiger partial charge in [0, 0.05) is 12.2 Å². The van der Waals surface area contributed by atoms with E-state index in [9.17, 15) is 14.4 Å². The molecule has 0 aromatic heterocycles. The van der Waals surface area contributed by atoms with Crippen molar-refractivity contribution in [3.63, 3.8) is 0 Å². The Morgan fingerprint density at radius 2 is 2.00 bits per heavy atom. The molecule has 5 N–H and O–H groups in total. The minimum Gasteiger partial charge on any atom is -0.465 e. The number of hydrogen-bond donors (Lipinski definition) is 5. The van der Waals surface area contributed by atoms with Gasteiger partial charge >= 0.3 is 6.09 Å². The van der Waals surface area contributed by atoms with Crippen molar-refractivity contribution in [2.45, 2.75) is 44.7 Å². The highest BCUT2D eigenvalue weighted by Crippen LogP contribution is 2.10. The summed E-state index contributed by atoms with van der Waals surface area (Å²) in [6.45, 7) is 3.18. The van der Waals surface area contributed by atoms with E-state index in [1.165, 1.54) is 0 Å². The van der Waals surface area contributed by atoms with E-state index in [4.69, 9.17) is 5.11 Å². The summed E-state index contributed by atoms with van der Waals surface area (Å²) < 4.78 is 0. The Morgan fingerprint density at radius 3 is 2.62 bits per heavy atom. The van der Waals surface area contributed by atoms with Crippen molar-refractivity contribution in [3.8, 4) is 0 Å². The highest BCUT2D eigenvalue weighted by atomic mass is 16.4. The van der Waals surface area contributed by atoms with Gasteiger partial charge in [-0.1, -0.05) is 17.7 Å². The lowest BCUT2D eigenvalue weighted by atomic mass is 10.1. The highest BCUT2D eigenvalue weighted by molar-refractivity contribution is 5.96. The van der Waals surface area contributed by atoms with E-state index < -0.39 is 18.0 Å². The van der Waals surface area contributed by atoms with Crippen LogP contribution >= 0.6 is 0 Å². The molecule has 0 saturated carbocycles. The van der Waals surface area contributed by atoms with Crippen LogP contribution in [0.1, 0.15) is 31.2 Å². The molecule has 0 bridgehead atoms. The molecule has 26 heavy (non-hydrogen) atoms. The second-order valence-electron chi connectivity index (χ2n) is 6.44. The third-order valence-electron chi connectivity index (χ3n) is 4.28. The van der Waals surface area contributed by atoms with Crippen LogP contribution < -0.4 is 21.3 Å². The Kier molecular flexibility index (Phi) is 7.40. The maximum atomic E-state index is 12.3. The van der Waals surface area contributed by atoms with Gasteiger partial charge < -0.3 is 26.4 Å². The van der Waals surface area contributed by atoms with Gasteiger partial charge in [-0.05, 0) is 51.3 Å². The predicted octanol–water partition coefficient (Wildman–Crippen LogP) is 1.22.